The van der Waals surface area contributed by atoms with Gasteiger partial charge in [0, 0.05) is 6.54 Å². The molecule has 0 spiro atoms. The van der Waals surface area contributed by atoms with Gasteiger partial charge in [0.15, 0.2) is 0 Å². The van der Waals surface area contributed by atoms with Crippen LogP contribution in [0, 0.1) is 5.92 Å². The molecule has 1 fully saturated rings. The molecule has 0 saturated carbocycles. The third-order valence-corrected chi connectivity index (χ3v) is 3.89. The Morgan fingerprint density at radius 2 is 1.48 bits per heavy atom. The van der Waals surface area contributed by atoms with Crippen molar-refractivity contribution < 1.29 is 9.59 Å². The number of carbonyl (C=O) groups excluding carboxylic acids is 2. The fourth-order valence-electron chi connectivity index (χ4n) is 2.94. The van der Waals surface area contributed by atoms with E-state index in [9.17, 15) is 9.59 Å². The molecule has 3 amide bonds. The Morgan fingerprint density at radius 1 is 0.913 bits per heavy atom. The monoisotopic (exact) mass is 308 g/mol. The number of urea groups is 1. The van der Waals surface area contributed by atoms with E-state index >= 15 is 0 Å². The second kappa shape index (κ2) is 6.24. The van der Waals surface area contributed by atoms with Gasteiger partial charge in [0.1, 0.15) is 6.04 Å². The highest BCUT2D eigenvalue weighted by atomic mass is 16.2. The van der Waals surface area contributed by atoms with E-state index in [-0.39, 0.29) is 17.9 Å². The minimum Gasteiger partial charge on any atom is -0.308 e. The molecule has 23 heavy (non-hydrogen) atoms. The number of nitrogens with zero attached hydrogens (tertiary/aromatic N) is 2. The van der Waals surface area contributed by atoms with Gasteiger partial charge in [0.05, 0.1) is 5.69 Å². The summed E-state index contributed by atoms with van der Waals surface area (Å²) in [7, 11) is 0. The summed E-state index contributed by atoms with van der Waals surface area (Å²) >= 11 is 0. The van der Waals surface area contributed by atoms with Crippen molar-refractivity contribution in [2.45, 2.75) is 19.9 Å². The highest BCUT2D eigenvalue weighted by Crippen LogP contribution is 2.34. The van der Waals surface area contributed by atoms with Crippen LogP contribution >= 0.6 is 0 Å². The molecule has 0 aliphatic carbocycles. The van der Waals surface area contributed by atoms with Crippen molar-refractivity contribution in [2.24, 2.45) is 5.92 Å². The molecule has 4 nitrogen and oxygen atoms in total. The van der Waals surface area contributed by atoms with Crippen molar-refractivity contribution in [1.82, 2.24) is 4.90 Å². The summed E-state index contributed by atoms with van der Waals surface area (Å²) in [5, 5.41) is 0. The van der Waals surface area contributed by atoms with Crippen LogP contribution in [0.25, 0.3) is 0 Å². The maximum Gasteiger partial charge on any atom is 0.332 e. The molecule has 0 unspecified atom stereocenters. The summed E-state index contributed by atoms with van der Waals surface area (Å²) in [5.74, 6) is 0.0988. The molecule has 1 saturated heterocycles. The molecule has 0 radical (unpaired) electrons. The molecule has 0 N–H and O–H groups in total. The number of carbonyl (C=O) groups is 2. The number of anilines is 1. The number of amides is 3. The molecule has 0 aromatic heterocycles. The summed E-state index contributed by atoms with van der Waals surface area (Å²) < 4.78 is 0. The molecule has 1 aliphatic heterocycles. The minimum absolute atomic E-state index is 0.187. The average Bonchev–Trinajstić information content (AvgIpc) is 2.79. The second-order valence-electron chi connectivity index (χ2n) is 6.15. The van der Waals surface area contributed by atoms with Crippen LogP contribution in [-0.4, -0.2) is 23.4 Å². The molecule has 1 atom stereocenters. The third-order valence-electron chi connectivity index (χ3n) is 3.89. The molecule has 4 heteroatoms. The van der Waals surface area contributed by atoms with E-state index < -0.39 is 6.04 Å². The highest BCUT2D eigenvalue weighted by Gasteiger charge is 2.46. The topological polar surface area (TPSA) is 40.6 Å². The molecule has 2 aromatic rings. The SMILES string of the molecule is CC(C)CN1C(=O)N(c2ccccc2)C(=O)[C@H]1c1ccccc1. The van der Waals surface area contributed by atoms with Gasteiger partial charge in [-0.3, -0.25) is 4.79 Å². The Kier molecular flexibility index (Phi) is 4.15. The van der Waals surface area contributed by atoms with Crippen LogP contribution in [0.3, 0.4) is 0 Å². The Balaban J connectivity index is 2.03. The maximum atomic E-state index is 13.0. The van der Waals surface area contributed by atoms with Gasteiger partial charge in [0.25, 0.3) is 5.91 Å². The molecular weight excluding hydrogens is 288 g/mol. The summed E-state index contributed by atoms with van der Waals surface area (Å²) in [6.07, 6.45) is 0. The predicted octanol–water partition coefficient (Wildman–Crippen LogP) is 3.85. The number of rotatable bonds is 4. The van der Waals surface area contributed by atoms with Gasteiger partial charge < -0.3 is 4.90 Å². The Labute approximate surface area is 136 Å². The minimum atomic E-state index is -0.550. The number of imide groups is 1. The van der Waals surface area contributed by atoms with Crippen LogP contribution in [-0.2, 0) is 4.79 Å². The average molecular weight is 308 g/mol. The standard InChI is InChI=1S/C19H20N2O2/c1-14(2)13-20-17(15-9-5-3-6-10-15)18(22)21(19(20)23)16-11-7-4-8-12-16/h3-12,14,17H,13H2,1-2H3/t17-/m1/s1. The van der Waals surface area contributed by atoms with Gasteiger partial charge in [-0.25, -0.2) is 9.69 Å². The summed E-state index contributed by atoms with van der Waals surface area (Å²) in [6.45, 7) is 4.64. The lowest BCUT2D eigenvalue weighted by atomic mass is 10.0. The van der Waals surface area contributed by atoms with Crippen molar-refractivity contribution >= 4 is 17.6 Å². The lowest BCUT2D eigenvalue weighted by molar-refractivity contribution is -0.120. The second-order valence-corrected chi connectivity index (χ2v) is 6.15. The Bertz CT molecular complexity index is 698. The molecule has 0 bridgehead atoms. The first-order valence-electron chi connectivity index (χ1n) is 7.84. The van der Waals surface area contributed by atoms with Crippen molar-refractivity contribution in [2.75, 3.05) is 11.4 Å². The fraction of sp³-hybridized carbons (Fsp3) is 0.263. The van der Waals surface area contributed by atoms with Crippen LogP contribution in [0.15, 0.2) is 60.7 Å². The number of benzene rings is 2. The molecule has 2 aromatic carbocycles. The van der Waals surface area contributed by atoms with Crippen molar-refractivity contribution in [3.8, 4) is 0 Å². The van der Waals surface area contributed by atoms with Crippen molar-refractivity contribution in [3.05, 3.63) is 66.2 Å². The number of para-hydroxylation sites is 1. The summed E-state index contributed by atoms with van der Waals surface area (Å²) in [6, 6.07) is 17.8. The van der Waals surface area contributed by atoms with E-state index in [0.29, 0.717) is 12.2 Å². The van der Waals surface area contributed by atoms with Gasteiger partial charge >= 0.3 is 6.03 Å². The number of hydrogen-bond donors (Lipinski definition) is 0. The lowest BCUT2D eigenvalue weighted by Crippen LogP contribution is -2.35. The van der Waals surface area contributed by atoms with Crippen molar-refractivity contribution in [1.29, 1.82) is 0 Å². The molecule has 1 heterocycles. The van der Waals surface area contributed by atoms with E-state index in [2.05, 4.69) is 0 Å². The van der Waals surface area contributed by atoms with Gasteiger partial charge in [-0.15, -0.1) is 0 Å². The van der Waals surface area contributed by atoms with Gasteiger partial charge in [0.2, 0.25) is 0 Å². The van der Waals surface area contributed by atoms with E-state index in [1.807, 2.05) is 62.4 Å². The summed E-state index contributed by atoms with van der Waals surface area (Å²) in [5.41, 5.74) is 1.47. The molecule has 3 rings (SSSR count). The van der Waals surface area contributed by atoms with Crippen LogP contribution in [0.5, 0.6) is 0 Å². The fourth-order valence-corrected chi connectivity index (χ4v) is 2.94. The molecule has 1 aliphatic rings. The van der Waals surface area contributed by atoms with Gasteiger partial charge in [-0.1, -0.05) is 62.4 Å². The lowest BCUT2D eigenvalue weighted by Gasteiger charge is -2.23. The van der Waals surface area contributed by atoms with Crippen LogP contribution in [0.4, 0.5) is 10.5 Å². The predicted molar refractivity (Wildman–Crippen MR) is 90.1 cm³/mol. The normalized spacial score (nSPS) is 18.1. The summed E-state index contributed by atoms with van der Waals surface area (Å²) in [4.78, 5) is 28.8. The Hall–Kier alpha value is -2.62. The van der Waals surface area contributed by atoms with Crippen LogP contribution in [0.1, 0.15) is 25.5 Å². The van der Waals surface area contributed by atoms with Crippen LogP contribution in [0.2, 0.25) is 0 Å². The van der Waals surface area contributed by atoms with Gasteiger partial charge in [-0.05, 0) is 23.6 Å². The zero-order chi connectivity index (χ0) is 16.4. The first kappa shape index (κ1) is 15.3. The molecule has 118 valence electrons. The maximum absolute atomic E-state index is 13.0. The smallest absolute Gasteiger partial charge is 0.308 e. The first-order valence-corrected chi connectivity index (χ1v) is 7.84. The quantitative estimate of drug-likeness (QED) is 0.805. The highest BCUT2D eigenvalue weighted by molar-refractivity contribution is 6.21. The van der Waals surface area contributed by atoms with Crippen LogP contribution < -0.4 is 4.90 Å². The zero-order valence-electron chi connectivity index (χ0n) is 13.3. The van der Waals surface area contributed by atoms with E-state index in [0.717, 1.165) is 5.56 Å². The number of hydrogen-bond acceptors (Lipinski definition) is 2. The Morgan fingerprint density at radius 3 is 2.04 bits per heavy atom. The van der Waals surface area contributed by atoms with Gasteiger partial charge in [-0.2, -0.15) is 0 Å². The molecular formula is C19H20N2O2. The van der Waals surface area contributed by atoms with E-state index in [4.69, 9.17) is 0 Å². The van der Waals surface area contributed by atoms with E-state index in [1.54, 1.807) is 17.0 Å². The first-order chi connectivity index (χ1) is 11.1. The zero-order valence-corrected chi connectivity index (χ0v) is 13.3. The van der Waals surface area contributed by atoms with E-state index in [1.165, 1.54) is 4.90 Å². The third kappa shape index (κ3) is 2.84. The largest absolute Gasteiger partial charge is 0.332 e. The van der Waals surface area contributed by atoms with Crippen molar-refractivity contribution in [3.63, 3.8) is 0 Å².